The number of aromatic nitrogens is 1. The van der Waals surface area contributed by atoms with Gasteiger partial charge in [-0.25, -0.2) is 13.2 Å². The summed E-state index contributed by atoms with van der Waals surface area (Å²) in [5.74, 6) is -0.642. The number of esters is 1. The largest absolute Gasteiger partial charge is 0.464 e. The average Bonchev–Trinajstić information content (AvgIpc) is 2.80. The number of nitrogens with one attached hydrogen (secondary N) is 1. The fourth-order valence-electron chi connectivity index (χ4n) is 3.65. The van der Waals surface area contributed by atoms with E-state index < -0.39 is 15.8 Å². The van der Waals surface area contributed by atoms with Gasteiger partial charge in [-0.1, -0.05) is 48.5 Å². The topological polar surface area (TPSA) is 93.3 Å². The molecule has 162 valence electrons. The highest BCUT2D eigenvalue weighted by atomic mass is 32.2. The molecule has 0 aliphatic carbocycles. The van der Waals surface area contributed by atoms with E-state index in [0.717, 1.165) is 17.4 Å². The molecule has 0 spiro atoms. The molecule has 0 atom stereocenters. The van der Waals surface area contributed by atoms with Gasteiger partial charge in [0.2, 0.25) is 0 Å². The molecule has 0 radical (unpaired) electrons. The number of rotatable bonds is 5. The Morgan fingerprint density at radius 3 is 2.25 bits per heavy atom. The van der Waals surface area contributed by atoms with Gasteiger partial charge >= 0.3 is 5.97 Å². The summed E-state index contributed by atoms with van der Waals surface area (Å²) in [6.07, 6.45) is 1.29. The van der Waals surface area contributed by atoms with Gasteiger partial charge in [-0.2, -0.15) is 0 Å². The lowest BCUT2D eigenvalue weighted by atomic mass is 9.98. The van der Waals surface area contributed by atoms with Crippen LogP contribution in [0.25, 0.3) is 22.0 Å². The number of sulfone groups is 1. The van der Waals surface area contributed by atoms with Gasteiger partial charge in [0, 0.05) is 23.6 Å². The van der Waals surface area contributed by atoms with Gasteiger partial charge in [-0.3, -0.25) is 4.79 Å². The van der Waals surface area contributed by atoms with E-state index in [9.17, 15) is 18.0 Å². The Balaban J connectivity index is 1.83. The molecule has 0 saturated carbocycles. The third-order valence-corrected chi connectivity index (χ3v) is 6.46. The van der Waals surface area contributed by atoms with E-state index in [-0.39, 0.29) is 28.0 Å². The number of hydrogen-bond donors (Lipinski definition) is 1. The summed E-state index contributed by atoms with van der Waals surface area (Å²) in [6, 6.07) is 21.4. The SMILES string of the molecule is COC(=O)c1[nH]c2cc(-c3ccccc3)ccc2c(=O)c1Cc1ccc(S(C)(=O)=O)cc1. The van der Waals surface area contributed by atoms with Crippen LogP contribution in [0.5, 0.6) is 0 Å². The number of carbonyl (C=O) groups excluding carboxylic acids is 1. The van der Waals surface area contributed by atoms with Gasteiger partial charge in [0.15, 0.2) is 15.3 Å². The maximum Gasteiger partial charge on any atom is 0.354 e. The Labute approximate surface area is 185 Å². The lowest BCUT2D eigenvalue weighted by Gasteiger charge is -2.12. The van der Waals surface area contributed by atoms with E-state index in [1.165, 1.54) is 19.2 Å². The van der Waals surface area contributed by atoms with Crippen molar-refractivity contribution in [2.75, 3.05) is 13.4 Å². The quantitative estimate of drug-likeness (QED) is 0.467. The average molecular weight is 448 g/mol. The maximum absolute atomic E-state index is 13.3. The lowest BCUT2D eigenvalue weighted by molar-refractivity contribution is 0.0593. The van der Waals surface area contributed by atoms with Crippen molar-refractivity contribution in [1.82, 2.24) is 4.98 Å². The van der Waals surface area contributed by atoms with Crippen LogP contribution in [-0.4, -0.2) is 32.7 Å². The van der Waals surface area contributed by atoms with Crippen LogP contribution in [0.1, 0.15) is 21.6 Å². The van der Waals surface area contributed by atoms with Crippen molar-refractivity contribution in [2.45, 2.75) is 11.3 Å². The van der Waals surface area contributed by atoms with Crippen molar-refractivity contribution in [1.29, 1.82) is 0 Å². The van der Waals surface area contributed by atoms with Crippen LogP contribution in [0, 0.1) is 0 Å². The molecule has 0 bridgehead atoms. The third-order valence-electron chi connectivity index (χ3n) is 5.33. The van der Waals surface area contributed by atoms with Crippen molar-refractivity contribution in [3.05, 3.63) is 99.8 Å². The summed E-state index contributed by atoms with van der Waals surface area (Å²) in [5, 5.41) is 0.458. The van der Waals surface area contributed by atoms with Crippen LogP contribution in [0.15, 0.2) is 82.5 Å². The third kappa shape index (κ3) is 4.20. The Bertz CT molecular complexity index is 1470. The number of benzene rings is 3. The minimum atomic E-state index is -3.32. The van der Waals surface area contributed by atoms with Crippen LogP contribution in [0.4, 0.5) is 0 Å². The fraction of sp³-hybridized carbons (Fsp3) is 0.120. The Hall–Kier alpha value is -3.71. The van der Waals surface area contributed by atoms with Crippen LogP contribution < -0.4 is 5.43 Å². The smallest absolute Gasteiger partial charge is 0.354 e. The monoisotopic (exact) mass is 447 g/mol. The standard InChI is InChI=1S/C25H21NO5S/c1-31-25(28)23-21(14-16-8-11-19(12-9-16)32(2,29)30)24(27)20-13-10-18(15-22(20)26-23)17-6-4-3-5-7-17/h3-13,15H,14H2,1-2H3,(H,26,27). The van der Waals surface area contributed by atoms with E-state index in [2.05, 4.69) is 4.98 Å². The zero-order valence-corrected chi connectivity index (χ0v) is 18.4. The summed E-state index contributed by atoms with van der Waals surface area (Å²) >= 11 is 0. The second kappa shape index (κ2) is 8.43. The van der Waals surface area contributed by atoms with Crippen molar-refractivity contribution < 1.29 is 17.9 Å². The molecular formula is C25H21NO5S. The molecule has 0 aliphatic rings. The second-order valence-corrected chi connectivity index (χ2v) is 9.53. The minimum absolute atomic E-state index is 0.0856. The van der Waals surface area contributed by atoms with Crippen LogP contribution in [0.2, 0.25) is 0 Å². The van der Waals surface area contributed by atoms with Crippen LogP contribution in [-0.2, 0) is 21.0 Å². The number of fused-ring (bicyclic) bond motifs is 1. The number of aromatic amines is 1. The molecule has 4 rings (SSSR count). The number of H-pyrrole nitrogens is 1. The summed E-state index contributed by atoms with van der Waals surface area (Å²) in [5.41, 5.74) is 3.22. The zero-order chi connectivity index (χ0) is 22.9. The van der Waals surface area contributed by atoms with Crippen LogP contribution >= 0.6 is 0 Å². The minimum Gasteiger partial charge on any atom is -0.464 e. The zero-order valence-electron chi connectivity index (χ0n) is 17.6. The van der Waals surface area contributed by atoms with Gasteiger partial charge < -0.3 is 9.72 Å². The Kier molecular flexibility index (Phi) is 5.67. The first kappa shape index (κ1) is 21.5. The number of methoxy groups -OCH3 is 1. The molecule has 3 aromatic carbocycles. The van der Waals surface area contributed by atoms with E-state index >= 15 is 0 Å². The van der Waals surface area contributed by atoms with Gasteiger partial charge in [0.05, 0.1) is 17.5 Å². The maximum atomic E-state index is 13.3. The molecule has 0 amide bonds. The van der Waals surface area contributed by atoms with Gasteiger partial charge in [-0.15, -0.1) is 0 Å². The van der Waals surface area contributed by atoms with Crippen LogP contribution in [0.3, 0.4) is 0 Å². The summed E-state index contributed by atoms with van der Waals surface area (Å²) < 4.78 is 28.3. The number of pyridine rings is 1. The van der Waals surface area contributed by atoms with Gasteiger partial charge in [-0.05, 0) is 41.0 Å². The highest BCUT2D eigenvalue weighted by Gasteiger charge is 2.19. The second-order valence-electron chi connectivity index (χ2n) is 7.52. The fourth-order valence-corrected chi connectivity index (χ4v) is 4.28. The van der Waals surface area contributed by atoms with Crippen molar-refractivity contribution in [3.8, 4) is 11.1 Å². The number of ether oxygens (including phenoxy) is 1. The number of carbonyl (C=O) groups is 1. The normalized spacial score (nSPS) is 11.4. The van der Waals surface area contributed by atoms with Crippen molar-refractivity contribution in [3.63, 3.8) is 0 Å². The Morgan fingerprint density at radius 2 is 1.62 bits per heavy atom. The molecule has 1 N–H and O–H groups in total. The first-order chi connectivity index (χ1) is 15.3. The molecular weight excluding hydrogens is 426 g/mol. The highest BCUT2D eigenvalue weighted by Crippen LogP contribution is 2.24. The molecule has 0 unspecified atom stereocenters. The first-order valence-electron chi connectivity index (χ1n) is 9.89. The van der Waals surface area contributed by atoms with E-state index in [1.54, 1.807) is 18.2 Å². The molecule has 6 nitrogen and oxygen atoms in total. The first-order valence-corrected chi connectivity index (χ1v) is 11.8. The molecule has 7 heteroatoms. The van der Waals surface area contributed by atoms with E-state index in [0.29, 0.717) is 16.5 Å². The van der Waals surface area contributed by atoms with E-state index in [1.807, 2.05) is 42.5 Å². The van der Waals surface area contributed by atoms with Gasteiger partial charge in [0.25, 0.3) is 0 Å². The molecule has 0 fully saturated rings. The van der Waals surface area contributed by atoms with Gasteiger partial charge in [0.1, 0.15) is 5.69 Å². The van der Waals surface area contributed by atoms with Crippen molar-refractivity contribution in [2.24, 2.45) is 0 Å². The summed E-state index contributed by atoms with van der Waals surface area (Å²) in [7, 11) is -2.06. The summed E-state index contributed by atoms with van der Waals surface area (Å²) in [4.78, 5) is 29.1. The predicted molar refractivity (Wildman–Crippen MR) is 124 cm³/mol. The number of hydrogen-bond acceptors (Lipinski definition) is 5. The predicted octanol–water partition coefficient (Wildman–Crippen LogP) is 3.98. The van der Waals surface area contributed by atoms with Crippen molar-refractivity contribution >= 4 is 26.7 Å². The molecule has 0 saturated heterocycles. The van der Waals surface area contributed by atoms with E-state index in [4.69, 9.17) is 4.74 Å². The molecule has 32 heavy (non-hydrogen) atoms. The molecule has 1 heterocycles. The molecule has 0 aliphatic heterocycles. The lowest BCUT2D eigenvalue weighted by Crippen LogP contribution is -2.19. The highest BCUT2D eigenvalue weighted by molar-refractivity contribution is 7.90. The Morgan fingerprint density at radius 1 is 0.938 bits per heavy atom. The molecule has 1 aromatic heterocycles. The molecule has 4 aromatic rings. The summed E-state index contributed by atoms with van der Waals surface area (Å²) in [6.45, 7) is 0.